The van der Waals surface area contributed by atoms with Gasteiger partial charge in [0.2, 0.25) is 0 Å². The second kappa shape index (κ2) is 6.91. The molecule has 0 saturated carbocycles. The molecule has 1 aromatic rings. The Bertz CT molecular complexity index is 428. The Kier molecular flexibility index (Phi) is 5.48. The maximum absolute atomic E-state index is 6.34. The van der Waals surface area contributed by atoms with E-state index in [-0.39, 0.29) is 12.1 Å². The van der Waals surface area contributed by atoms with Gasteiger partial charge >= 0.3 is 0 Å². The van der Waals surface area contributed by atoms with Crippen molar-refractivity contribution in [3.63, 3.8) is 0 Å². The Morgan fingerprint density at radius 1 is 1.47 bits per heavy atom. The van der Waals surface area contributed by atoms with E-state index in [1.54, 1.807) is 0 Å². The molecule has 1 aliphatic rings. The van der Waals surface area contributed by atoms with Gasteiger partial charge in [0, 0.05) is 13.1 Å². The molecule has 0 bridgehead atoms. The van der Waals surface area contributed by atoms with E-state index in [2.05, 4.69) is 24.2 Å². The van der Waals surface area contributed by atoms with E-state index in [0.29, 0.717) is 10.0 Å². The van der Waals surface area contributed by atoms with Crippen LogP contribution < -0.4 is 5.32 Å². The number of nitrogens with zero attached hydrogens (tertiary/aromatic N) is 1. The fourth-order valence-electron chi connectivity index (χ4n) is 2.43. The first-order chi connectivity index (χ1) is 9.13. The monoisotopic (exact) mass is 302 g/mol. The number of halogens is 2. The van der Waals surface area contributed by atoms with E-state index in [1.807, 2.05) is 18.2 Å². The molecule has 2 rings (SSSR count). The van der Waals surface area contributed by atoms with E-state index >= 15 is 0 Å². The molecule has 1 N–H and O–H groups in total. The lowest BCUT2D eigenvalue weighted by Gasteiger charge is -2.36. The second-order valence-electron chi connectivity index (χ2n) is 4.85. The van der Waals surface area contributed by atoms with Gasteiger partial charge in [0.25, 0.3) is 0 Å². The zero-order valence-corrected chi connectivity index (χ0v) is 12.8. The molecule has 1 heterocycles. The van der Waals surface area contributed by atoms with Crippen molar-refractivity contribution in [2.75, 3.05) is 33.3 Å². The predicted molar refractivity (Wildman–Crippen MR) is 80.1 cm³/mol. The van der Waals surface area contributed by atoms with Gasteiger partial charge in [-0.15, -0.1) is 0 Å². The van der Waals surface area contributed by atoms with Crippen LogP contribution in [-0.2, 0) is 4.74 Å². The number of morpholine rings is 1. The summed E-state index contributed by atoms with van der Waals surface area (Å²) in [4.78, 5) is 2.27. The molecule has 0 aliphatic carbocycles. The SMILES string of the molecule is CCNC(c1cccc(Cl)c1Cl)C1CN(C)CCO1. The number of likely N-dealkylation sites (N-methyl/N-ethyl adjacent to an activating group) is 2. The molecule has 3 nitrogen and oxygen atoms in total. The van der Waals surface area contributed by atoms with Crippen LogP contribution >= 0.6 is 23.2 Å². The van der Waals surface area contributed by atoms with Gasteiger partial charge in [-0.1, -0.05) is 42.3 Å². The van der Waals surface area contributed by atoms with Crippen LogP contribution in [0.4, 0.5) is 0 Å². The average Bonchev–Trinajstić information content (AvgIpc) is 2.40. The number of rotatable bonds is 4. The van der Waals surface area contributed by atoms with Crippen molar-refractivity contribution in [2.45, 2.75) is 19.1 Å². The van der Waals surface area contributed by atoms with Gasteiger partial charge < -0.3 is 15.0 Å². The molecular formula is C14H20Cl2N2O. The smallest absolute Gasteiger partial charge is 0.0897 e. The third kappa shape index (κ3) is 3.61. The predicted octanol–water partition coefficient (Wildman–Crippen LogP) is 2.97. The summed E-state index contributed by atoms with van der Waals surface area (Å²) >= 11 is 12.5. The van der Waals surface area contributed by atoms with Gasteiger partial charge in [-0.25, -0.2) is 0 Å². The highest BCUT2D eigenvalue weighted by atomic mass is 35.5. The Labute approximate surface area is 124 Å². The normalized spacial score (nSPS) is 22.4. The zero-order chi connectivity index (χ0) is 13.8. The van der Waals surface area contributed by atoms with E-state index < -0.39 is 0 Å². The van der Waals surface area contributed by atoms with Crippen LogP contribution in [0.25, 0.3) is 0 Å². The first-order valence-electron chi connectivity index (χ1n) is 6.61. The maximum atomic E-state index is 6.34. The Morgan fingerprint density at radius 3 is 2.95 bits per heavy atom. The molecule has 2 unspecified atom stereocenters. The number of hydrogen-bond acceptors (Lipinski definition) is 3. The minimum absolute atomic E-state index is 0.0685. The zero-order valence-electron chi connectivity index (χ0n) is 11.3. The van der Waals surface area contributed by atoms with Gasteiger partial charge in [0.05, 0.1) is 28.8 Å². The average molecular weight is 303 g/mol. The number of ether oxygens (including phenoxy) is 1. The molecule has 1 fully saturated rings. The molecule has 5 heteroatoms. The molecule has 2 atom stereocenters. The lowest BCUT2D eigenvalue weighted by Crippen LogP contribution is -2.46. The summed E-state index contributed by atoms with van der Waals surface area (Å²) in [6, 6.07) is 5.82. The van der Waals surface area contributed by atoms with Gasteiger partial charge in [-0.05, 0) is 25.2 Å². The van der Waals surface area contributed by atoms with Gasteiger partial charge in [0.1, 0.15) is 0 Å². The fourth-order valence-corrected chi connectivity index (χ4v) is 2.86. The molecule has 1 aliphatic heterocycles. The number of benzene rings is 1. The molecule has 1 aromatic carbocycles. The minimum atomic E-state index is 0.0685. The van der Waals surface area contributed by atoms with Crippen LogP contribution in [0, 0.1) is 0 Å². The minimum Gasteiger partial charge on any atom is -0.374 e. The van der Waals surface area contributed by atoms with Crippen molar-refractivity contribution in [1.82, 2.24) is 10.2 Å². The Hall–Kier alpha value is -0.320. The van der Waals surface area contributed by atoms with Crippen molar-refractivity contribution < 1.29 is 4.74 Å². The van der Waals surface area contributed by atoms with E-state index in [1.165, 1.54) is 0 Å². The molecule has 19 heavy (non-hydrogen) atoms. The summed E-state index contributed by atoms with van der Waals surface area (Å²) < 4.78 is 5.91. The quantitative estimate of drug-likeness (QED) is 0.925. The molecule has 0 aromatic heterocycles. The lowest BCUT2D eigenvalue weighted by molar-refractivity contribution is -0.0389. The summed E-state index contributed by atoms with van der Waals surface area (Å²) in [5, 5.41) is 4.67. The molecule has 1 saturated heterocycles. The van der Waals surface area contributed by atoms with Crippen molar-refractivity contribution in [3.8, 4) is 0 Å². The van der Waals surface area contributed by atoms with Crippen LogP contribution in [0.2, 0.25) is 10.0 Å². The second-order valence-corrected chi connectivity index (χ2v) is 5.64. The molecule has 106 valence electrons. The summed E-state index contributed by atoms with van der Waals surface area (Å²) in [5.41, 5.74) is 1.01. The van der Waals surface area contributed by atoms with E-state index in [0.717, 1.165) is 31.8 Å². The van der Waals surface area contributed by atoms with Gasteiger partial charge in [0.15, 0.2) is 0 Å². The van der Waals surface area contributed by atoms with Crippen molar-refractivity contribution >= 4 is 23.2 Å². The molecule has 0 radical (unpaired) electrons. The van der Waals surface area contributed by atoms with Crippen LogP contribution in [0.3, 0.4) is 0 Å². The number of nitrogens with one attached hydrogen (secondary N) is 1. The van der Waals surface area contributed by atoms with Gasteiger partial charge in [-0.3, -0.25) is 0 Å². The van der Waals surface area contributed by atoms with Gasteiger partial charge in [-0.2, -0.15) is 0 Å². The first kappa shape index (κ1) is 15.1. The summed E-state index contributed by atoms with van der Waals surface area (Å²) in [6.07, 6.45) is 0.0923. The highest BCUT2D eigenvalue weighted by Crippen LogP contribution is 2.32. The Morgan fingerprint density at radius 2 is 2.26 bits per heavy atom. The third-order valence-corrected chi connectivity index (χ3v) is 4.24. The molecule has 0 spiro atoms. The van der Waals surface area contributed by atoms with E-state index in [9.17, 15) is 0 Å². The van der Waals surface area contributed by atoms with Crippen LogP contribution in [0.5, 0.6) is 0 Å². The summed E-state index contributed by atoms with van der Waals surface area (Å²) in [7, 11) is 2.11. The molecule has 0 amide bonds. The summed E-state index contributed by atoms with van der Waals surface area (Å²) in [5.74, 6) is 0. The van der Waals surface area contributed by atoms with Crippen LogP contribution in [0.1, 0.15) is 18.5 Å². The van der Waals surface area contributed by atoms with Crippen molar-refractivity contribution in [3.05, 3.63) is 33.8 Å². The summed E-state index contributed by atoms with van der Waals surface area (Å²) in [6.45, 7) is 5.55. The number of hydrogen-bond donors (Lipinski definition) is 1. The standard InChI is InChI=1S/C14H20Cl2N2O/c1-3-17-14(12-9-18(2)7-8-19-12)10-5-4-6-11(15)13(10)16/h4-6,12,14,17H,3,7-9H2,1-2H3. The van der Waals surface area contributed by atoms with E-state index in [4.69, 9.17) is 27.9 Å². The van der Waals surface area contributed by atoms with Crippen molar-refractivity contribution in [1.29, 1.82) is 0 Å². The largest absolute Gasteiger partial charge is 0.374 e. The highest BCUT2D eigenvalue weighted by Gasteiger charge is 2.29. The van der Waals surface area contributed by atoms with Crippen molar-refractivity contribution in [2.24, 2.45) is 0 Å². The topological polar surface area (TPSA) is 24.5 Å². The fraction of sp³-hybridized carbons (Fsp3) is 0.571. The lowest BCUT2D eigenvalue weighted by atomic mass is 10.00. The van der Waals surface area contributed by atoms with Crippen LogP contribution in [-0.4, -0.2) is 44.3 Å². The molecular weight excluding hydrogens is 283 g/mol. The third-order valence-electron chi connectivity index (χ3n) is 3.41. The first-order valence-corrected chi connectivity index (χ1v) is 7.36. The highest BCUT2D eigenvalue weighted by molar-refractivity contribution is 6.42. The van der Waals surface area contributed by atoms with Crippen LogP contribution in [0.15, 0.2) is 18.2 Å². The maximum Gasteiger partial charge on any atom is 0.0897 e. The Balaban J connectivity index is 2.26.